The van der Waals surface area contributed by atoms with Gasteiger partial charge in [-0.2, -0.15) is 5.26 Å². The molecule has 0 heterocycles. The average Bonchev–Trinajstić information content (AvgIpc) is 2.84. The fraction of sp³-hybridized carbons (Fsp3) is 0.160. The Morgan fingerprint density at radius 2 is 1.41 bits per heavy atom. The first kappa shape index (κ1) is 22.5. The Morgan fingerprint density at radius 1 is 0.844 bits per heavy atom. The average molecular weight is 428 g/mol. The number of ether oxygens (including phenoxy) is 1. The molecule has 0 aliphatic rings. The molecule has 3 aromatic rings. The Hall–Kier alpha value is -4.15. The number of hydrazine groups is 1. The maximum absolute atomic E-state index is 12.4. The van der Waals surface area contributed by atoms with Gasteiger partial charge in [-0.05, 0) is 29.7 Å². The van der Waals surface area contributed by atoms with Crippen LogP contribution in [0.15, 0.2) is 91.0 Å². The molecule has 0 spiro atoms. The van der Waals surface area contributed by atoms with Crippen LogP contribution in [0.25, 0.3) is 0 Å². The van der Waals surface area contributed by atoms with Gasteiger partial charge in [-0.1, -0.05) is 78.9 Å². The zero-order valence-corrected chi connectivity index (χ0v) is 17.4. The number of alkyl carbamates (subject to hydrolysis) is 1. The van der Waals surface area contributed by atoms with Crippen LogP contribution >= 0.6 is 0 Å². The summed E-state index contributed by atoms with van der Waals surface area (Å²) < 4.78 is 5.31. The number of nitrogens with one attached hydrogen (secondary N) is 3. The number of rotatable bonds is 9. The number of amides is 2. The van der Waals surface area contributed by atoms with Gasteiger partial charge in [-0.15, -0.1) is 0 Å². The van der Waals surface area contributed by atoms with Gasteiger partial charge in [-0.3, -0.25) is 10.2 Å². The Morgan fingerprint density at radius 3 is 2.00 bits per heavy atom. The molecule has 0 aliphatic carbocycles. The molecule has 0 aromatic heterocycles. The summed E-state index contributed by atoms with van der Waals surface area (Å²) >= 11 is 0. The first-order chi connectivity index (χ1) is 15.7. The maximum Gasteiger partial charge on any atom is 0.407 e. The molecule has 3 aromatic carbocycles. The SMILES string of the molecule is N#CC(NNC(=O)c1ccccc1)[C@H](Cc1ccccc1)NC(=O)OCc1ccccc1. The van der Waals surface area contributed by atoms with Gasteiger partial charge in [-0.25, -0.2) is 10.2 Å². The summed E-state index contributed by atoms with van der Waals surface area (Å²) in [7, 11) is 0. The summed E-state index contributed by atoms with van der Waals surface area (Å²) in [4.78, 5) is 24.8. The van der Waals surface area contributed by atoms with Crippen LogP contribution in [0.3, 0.4) is 0 Å². The molecule has 1 unspecified atom stereocenters. The van der Waals surface area contributed by atoms with Crippen LogP contribution in [-0.2, 0) is 17.8 Å². The van der Waals surface area contributed by atoms with Gasteiger partial charge in [0.1, 0.15) is 12.6 Å². The van der Waals surface area contributed by atoms with Gasteiger partial charge < -0.3 is 10.1 Å². The highest BCUT2D eigenvalue weighted by Crippen LogP contribution is 2.08. The summed E-state index contributed by atoms with van der Waals surface area (Å²) in [6.07, 6.45) is -0.278. The quantitative estimate of drug-likeness (QED) is 0.454. The molecule has 7 nitrogen and oxygen atoms in total. The molecule has 0 saturated heterocycles. The first-order valence-electron chi connectivity index (χ1n) is 10.2. The van der Waals surface area contributed by atoms with Crippen molar-refractivity contribution < 1.29 is 14.3 Å². The second-order valence-electron chi connectivity index (χ2n) is 7.07. The smallest absolute Gasteiger partial charge is 0.407 e. The molecule has 7 heteroatoms. The Bertz CT molecular complexity index is 1040. The second kappa shape index (κ2) is 11.9. The van der Waals surface area contributed by atoms with Gasteiger partial charge in [0.25, 0.3) is 5.91 Å². The standard InChI is InChI=1S/C25H24N4O3/c26-17-23(28-29-24(30)21-14-8-3-9-15-21)22(16-19-10-4-1-5-11-19)27-25(31)32-18-20-12-6-2-7-13-20/h1-15,22-23,28H,16,18H2,(H,27,31)(H,29,30)/t22-,23?/m0/s1. The number of nitriles is 1. The van der Waals surface area contributed by atoms with Gasteiger partial charge in [0.2, 0.25) is 0 Å². The monoisotopic (exact) mass is 428 g/mol. The fourth-order valence-corrected chi connectivity index (χ4v) is 3.06. The Labute approximate surface area is 187 Å². The van der Waals surface area contributed by atoms with Crippen molar-refractivity contribution in [3.8, 4) is 6.07 Å². The van der Waals surface area contributed by atoms with Crippen LogP contribution < -0.4 is 16.2 Å². The van der Waals surface area contributed by atoms with Crippen LogP contribution in [-0.4, -0.2) is 24.1 Å². The third-order valence-electron chi connectivity index (χ3n) is 4.73. The van der Waals surface area contributed by atoms with E-state index in [1.807, 2.05) is 66.7 Å². The number of hydrogen-bond acceptors (Lipinski definition) is 5. The molecule has 2 atom stereocenters. The van der Waals surface area contributed by atoms with E-state index in [-0.39, 0.29) is 12.5 Å². The first-order valence-corrected chi connectivity index (χ1v) is 10.2. The largest absolute Gasteiger partial charge is 0.445 e. The van der Waals surface area contributed by atoms with Gasteiger partial charge in [0.05, 0.1) is 12.1 Å². The molecule has 162 valence electrons. The topological polar surface area (TPSA) is 103 Å². The number of carbonyl (C=O) groups excluding carboxylic acids is 2. The zero-order valence-electron chi connectivity index (χ0n) is 17.4. The number of nitrogens with zero attached hydrogens (tertiary/aromatic N) is 1. The number of hydrogen-bond donors (Lipinski definition) is 3. The summed E-state index contributed by atoms with van der Waals surface area (Å²) in [5.41, 5.74) is 7.51. The predicted molar refractivity (Wildman–Crippen MR) is 120 cm³/mol. The number of carbonyl (C=O) groups is 2. The lowest BCUT2D eigenvalue weighted by atomic mass is 10.0. The van der Waals surface area contributed by atoms with Crippen LogP contribution in [0.4, 0.5) is 4.79 Å². The van der Waals surface area contributed by atoms with E-state index in [1.165, 1.54) is 0 Å². The lowest BCUT2D eigenvalue weighted by molar-refractivity contribution is 0.0925. The molecule has 2 amide bonds. The van der Waals surface area contributed by atoms with Gasteiger partial charge in [0, 0.05) is 5.56 Å². The van der Waals surface area contributed by atoms with Crippen LogP contribution in [0.5, 0.6) is 0 Å². The minimum atomic E-state index is -0.896. The predicted octanol–water partition coefficient (Wildman–Crippen LogP) is 3.35. The molecular formula is C25H24N4O3. The van der Waals surface area contributed by atoms with Crippen molar-refractivity contribution in [1.29, 1.82) is 5.26 Å². The van der Waals surface area contributed by atoms with E-state index in [2.05, 4.69) is 22.2 Å². The lowest BCUT2D eigenvalue weighted by Crippen LogP contribution is -2.55. The maximum atomic E-state index is 12.4. The van der Waals surface area contributed by atoms with E-state index in [0.717, 1.165) is 11.1 Å². The Balaban J connectivity index is 1.65. The highest BCUT2D eigenvalue weighted by molar-refractivity contribution is 5.93. The summed E-state index contributed by atoms with van der Waals surface area (Å²) in [6, 6.07) is 28.0. The van der Waals surface area contributed by atoms with E-state index in [4.69, 9.17) is 4.74 Å². The van der Waals surface area contributed by atoms with E-state index >= 15 is 0 Å². The van der Waals surface area contributed by atoms with Crippen molar-refractivity contribution in [2.24, 2.45) is 0 Å². The van der Waals surface area contributed by atoms with E-state index in [1.54, 1.807) is 24.3 Å². The molecule has 0 aliphatic heterocycles. The van der Waals surface area contributed by atoms with Crippen molar-refractivity contribution in [2.45, 2.75) is 25.1 Å². The molecule has 0 fully saturated rings. The van der Waals surface area contributed by atoms with Crippen molar-refractivity contribution in [3.05, 3.63) is 108 Å². The highest BCUT2D eigenvalue weighted by Gasteiger charge is 2.25. The molecule has 3 N–H and O–H groups in total. The lowest BCUT2D eigenvalue weighted by Gasteiger charge is -2.24. The fourth-order valence-electron chi connectivity index (χ4n) is 3.06. The zero-order chi connectivity index (χ0) is 22.6. The van der Waals surface area contributed by atoms with Crippen LogP contribution in [0, 0.1) is 11.3 Å². The van der Waals surface area contributed by atoms with Gasteiger partial charge in [0.15, 0.2) is 0 Å². The van der Waals surface area contributed by atoms with Crippen LogP contribution in [0.1, 0.15) is 21.5 Å². The third kappa shape index (κ3) is 6.97. The van der Waals surface area contributed by atoms with E-state index in [0.29, 0.717) is 12.0 Å². The van der Waals surface area contributed by atoms with Gasteiger partial charge >= 0.3 is 6.09 Å². The molecule has 3 rings (SSSR count). The minimum absolute atomic E-state index is 0.111. The molecular weight excluding hydrogens is 404 g/mol. The normalized spacial score (nSPS) is 12.1. The van der Waals surface area contributed by atoms with Crippen molar-refractivity contribution in [2.75, 3.05) is 0 Å². The molecule has 0 bridgehead atoms. The van der Waals surface area contributed by atoms with E-state index in [9.17, 15) is 14.9 Å². The molecule has 32 heavy (non-hydrogen) atoms. The van der Waals surface area contributed by atoms with E-state index < -0.39 is 18.2 Å². The van der Waals surface area contributed by atoms with Crippen LogP contribution in [0.2, 0.25) is 0 Å². The Kier molecular flexibility index (Phi) is 8.37. The number of benzene rings is 3. The summed E-state index contributed by atoms with van der Waals surface area (Å²) in [5.74, 6) is -0.379. The molecule has 0 radical (unpaired) electrons. The van der Waals surface area contributed by atoms with Crippen molar-refractivity contribution in [1.82, 2.24) is 16.2 Å². The second-order valence-corrected chi connectivity index (χ2v) is 7.07. The molecule has 0 saturated carbocycles. The summed E-state index contributed by atoms with van der Waals surface area (Å²) in [5, 5.41) is 12.5. The van der Waals surface area contributed by atoms with Crippen molar-refractivity contribution >= 4 is 12.0 Å². The minimum Gasteiger partial charge on any atom is -0.445 e. The van der Waals surface area contributed by atoms with Crippen molar-refractivity contribution in [3.63, 3.8) is 0 Å². The highest BCUT2D eigenvalue weighted by atomic mass is 16.5. The third-order valence-corrected chi connectivity index (χ3v) is 4.73. The summed E-state index contributed by atoms with van der Waals surface area (Å²) in [6.45, 7) is 0.111.